The number of nitrogens with zero attached hydrogens (tertiary/aromatic N) is 4. The summed E-state index contributed by atoms with van der Waals surface area (Å²) in [6, 6.07) is 6.36. The molecule has 1 atom stereocenters. The van der Waals surface area contributed by atoms with Crippen molar-refractivity contribution in [1.29, 1.82) is 0 Å². The molecule has 0 aliphatic carbocycles. The van der Waals surface area contributed by atoms with E-state index in [1.165, 1.54) is 49.5 Å². The Morgan fingerprint density at radius 3 is 2.48 bits per heavy atom. The van der Waals surface area contributed by atoms with Crippen LogP contribution in [0.4, 0.5) is 28.0 Å². The van der Waals surface area contributed by atoms with Gasteiger partial charge in [-0.25, -0.2) is 22.9 Å². The van der Waals surface area contributed by atoms with Crippen molar-refractivity contribution in [3.05, 3.63) is 99.8 Å². The van der Waals surface area contributed by atoms with Crippen molar-refractivity contribution in [2.45, 2.75) is 32.1 Å². The van der Waals surface area contributed by atoms with Crippen molar-refractivity contribution in [2.24, 2.45) is 0 Å². The van der Waals surface area contributed by atoms with E-state index in [2.05, 4.69) is 15.3 Å². The summed E-state index contributed by atoms with van der Waals surface area (Å²) in [7, 11) is 6.03. The Morgan fingerprint density at radius 1 is 1.04 bits per heavy atom. The highest BCUT2D eigenvalue weighted by Crippen LogP contribution is 2.31. The lowest BCUT2D eigenvalue weighted by Gasteiger charge is -2.19. The largest absolute Gasteiger partial charge is 0.483 e. The van der Waals surface area contributed by atoms with E-state index >= 15 is 0 Å². The van der Waals surface area contributed by atoms with Gasteiger partial charge in [0.1, 0.15) is 35.3 Å². The first kappa shape index (κ1) is 35.2. The Hall–Kier alpha value is -5.67. The number of amides is 3. The van der Waals surface area contributed by atoms with E-state index in [-0.39, 0.29) is 53.4 Å². The van der Waals surface area contributed by atoms with Crippen LogP contribution in [-0.4, -0.2) is 76.5 Å². The molecule has 0 spiro atoms. The second-order valence-corrected chi connectivity index (χ2v) is 10.9. The SMILES string of the molecule is CN(C)C(=O)/C=C/CCC(OC(=O)N(C)C)C(=O)Nc1cccn(Cc2nc3c(OCc4ccc(F)cc4F)c(F)c(F)cc3[nH]2)c1=O. The number of pyridine rings is 1. The number of aromatic amines is 1. The predicted octanol–water partition coefficient (Wildman–Crippen LogP) is 4.34. The van der Waals surface area contributed by atoms with Gasteiger partial charge in [-0.2, -0.15) is 4.39 Å². The third-order valence-electron chi connectivity index (χ3n) is 6.86. The molecule has 48 heavy (non-hydrogen) atoms. The monoisotopic (exact) mass is 672 g/mol. The molecule has 16 heteroatoms. The molecule has 0 fully saturated rings. The van der Waals surface area contributed by atoms with Crippen LogP contribution in [0.3, 0.4) is 0 Å². The summed E-state index contributed by atoms with van der Waals surface area (Å²) in [5, 5.41) is 2.47. The summed E-state index contributed by atoms with van der Waals surface area (Å²) >= 11 is 0. The Balaban J connectivity index is 1.53. The Labute approximate surface area is 271 Å². The van der Waals surface area contributed by atoms with E-state index in [1.54, 1.807) is 14.1 Å². The fraction of sp³-hybridized carbons (Fsp3) is 0.281. The highest BCUT2D eigenvalue weighted by molar-refractivity contribution is 5.95. The van der Waals surface area contributed by atoms with Gasteiger partial charge in [-0.05, 0) is 43.2 Å². The summed E-state index contributed by atoms with van der Waals surface area (Å²) in [6.45, 7) is -0.795. The zero-order chi connectivity index (χ0) is 35.1. The van der Waals surface area contributed by atoms with Crippen LogP contribution in [-0.2, 0) is 27.5 Å². The van der Waals surface area contributed by atoms with Gasteiger partial charge >= 0.3 is 6.09 Å². The molecule has 1 unspecified atom stereocenters. The Kier molecular flexibility index (Phi) is 11.2. The third-order valence-corrected chi connectivity index (χ3v) is 6.86. The molecule has 2 aromatic heterocycles. The maximum Gasteiger partial charge on any atom is 0.410 e. The van der Waals surface area contributed by atoms with Crippen LogP contribution in [0.1, 0.15) is 24.2 Å². The van der Waals surface area contributed by atoms with E-state index < -0.39 is 59.3 Å². The quantitative estimate of drug-likeness (QED) is 0.169. The average Bonchev–Trinajstić information content (AvgIpc) is 3.42. The molecule has 0 saturated heterocycles. The molecule has 254 valence electrons. The molecule has 0 saturated carbocycles. The number of allylic oxidation sites excluding steroid dienone is 1. The van der Waals surface area contributed by atoms with E-state index in [4.69, 9.17) is 9.47 Å². The smallest absolute Gasteiger partial charge is 0.410 e. The summed E-state index contributed by atoms with van der Waals surface area (Å²) in [5.74, 6) is -6.02. The van der Waals surface area contributed by atoms with Crippen LogP contribution >= 0.6 is 0 Å². The number of hydrogen-bond acceptors (Lipinski definition) is 7. The van der Waals surface area contributed by atoms with Gasteiger partial charge in [-0.3, -0.25) is 14.4 Å². The van der Waals surface area contributed by atoms with Crippen molar-refractivity contribution in [3.63, 3.8) is 0 Å². The van der Waals surface area contributed by atoms with Gasteiger partial charge in [0.05, 0.1) is 12.1 Å². The minimum Gasteiger partial charge on any atom is -0.483 e. The van der Waals surface area contributed by atoms with Crippen molar-refractivity contribution in [1.82, 2.24) is 24.3 Å². The fourth-order valence-electron chi connectivity index (χ4n) is 4.30. The normalized spacial score (nSPS) is 11.8. The number of H-pyrrole nitrogens is 1. The van der Waals surface area contributed by atoms with E-state index in [9.17, 15) is 36.7 Å². The van der Waals surface area contributed by atoms with Gasteiger partial charge in [0.15, 0.2) is 17.7 Å². The fourth-order valence-corrected chi connectivity index (χ4v) is 4.30. The zero-order valence-electron chi connectivity index (χ0n) is 26.4. The molecule has 3 amide bonds. The zero-order valence-corrected chi connectivity index (χ0v) is 26.4. The molecule has 12 nitrogen and oxygen atoms in total. The van der Waals surface area contributed by atoms with Crippen molar-refractivity contribution in [2.75, 3.05) is 33.5 Å². The number of benzene rings is 2. The standard InChI is InChI=1S/C32H32F4N6O6/c1-40(2)26(43)10-6-5-9-24(48-32(46)41(3)4)30(44)38-22-8-7-13-42(31(22)45)16-25-37-23-15-21(35)27(36)29(28(23)39-25)47-17-18-11-12-19(33)14-20(18)34/h6-8,10-15,24H,5,9,16-17H2,1-4H3,(H,37,39)(H,38,44)/b10-6+. The lowest BCUT2D eigenvalue weighted by molar-refractivity contribution is -0.125. The third kappa shape index (κ3) is 8.57. The van der Waals surface area contributed by atoms with Crippen LogP contribution in [0.15, 0.2) is 59.5 Å². The lowest BCUT2D eigenvalue weighted by atomic mass is 10.1. The van der Waals surface area contributed by atoms with Gasteiger partial charge in [-0.15, -0.1) is 0 Å². The maximum absolute atomic E-state index is 14.8. The number of nitrogens with one attached hydrogen (secondary N) is 2. The number of imidazole rings is 1. The first-order chi connectivity index (χ1) is 22.7. The van der Waals surface area contributed by atoms with E-state index in [1.807, 2.05) is 0 Å². The number of likely N-dealkylation sites (N-methyl/N-ethyl adjacent to an activating group) is 1. The van der Waals surface area contributed by atoms with Crippen LogP contribution in [0, 0.1) is 23.3 Å². The Morgan fingerprint density at radius 2 is 1.79 bits per heavy atom. The van der Waals surface area contributed by atoms with Gasteiger partial charge in [0.25, 0.3) is 11.5 Å². The van der Waals surface area contributed by atoms with Gasteiger partial charge in [-0.1, -0.05) is 6.08 Å². The van der Waals surface area contributed by atoms with Crippen molar-refractivity contribution >= 4 is 34.6 Å². The number of hydrogen-bond donors (Lipinski definition) is 2. The lowest BCUT2D eigenvalue weighted by Crippen LogP contribution is -2.37. The van der Waals surface area contributed by atoms with Crippen LogP contribution in [0.25, 0.3) is 11.0 Å². The molecular formula is C32H32F4N6O6. The number of fused-ring (bicyclic) bond motifs is 1. The van der Waals surface area contributed by atoms with E-state index in [0.717, 1.165) is 27.7 Å². The molecular weight excluding hydrogens is 640 g/mol. The number of aromatic nitrogens is 3. The second-order valence-electron chi connectivity index (χ2n) is 10.9. The number of ether oxygens (including phenoxy) is 2. The molecule has 4 rings (SSSR count). The van der Waals surface area contributed by atoms with Crippen LogP contribution < -0.4 is 15.6 Å². The number of carbonyl (C=O) groups is 3. The summed E-state index contributed by atoms with van der Waals surface area (Å²) < 4.78 is 68.4. The second kappa shape index (κ2) is 15.3. The van der Waals surface area contributed by atoms with Crippen LogP contribution in [0.2, 0.25) is 0 Å². The molecule has 0 bridgehead atoms. The number of carbonyl (C=O) groups excluding carboxylic acids is 3. The van der Waals surface area contributed by atoms with Gasteiger partial charge in [0, 0.05) is 52.1 Å². The predicted molar refractivity (Wildman–Crippen MR) is 166 cm³/mol. The summed E-state index contributed by atoms with van der Waals surface area (Å²) in [5.41, 5.74) is -1.07. The first-order valence-corrected chi connectivity index (χ1v) is 14.4. The van der Waals surface area contributed by atoms with Crippen molar-refractivity contribution in [3.8, 4) is 5.75 Å². The van der Waals surface area contributed by atoms with Gasteiger partial charge < -0.3 is 34.1 Å². The molecule has 4 aromatic rings. The highest BCUT2D eigenvalue weighted by Gasteiger charge is 2.25. The molecule has 0 radical (unpaired) electrons. The van der Waals surface area contributed by atoms with Gasteiger partial charge in [0.2, 0.25) is 11.7 Å². The molecule has 2 aromatic carbocycles. The summed E-state index contributed by atoms with van der Waals surface area (Å²) in [6.07, 6.45) is 2.34. The molecule has 0 aliphatic rings. The van der Waals surface area contributed by atoms with Crippen molar-refractivity contribution < 1.29 is 41.4 Å². The van der Waals surface area contributed by atoms with E-state index in [0.29, 0.717) is 6.07 Å². The number of halogens is 4. The highest BCUT2D eigenvalue weighted by atomic mass is 19.2. The van der Waals surface area contributed by atoms with Crippen LogP contribution in [0.5, 0.6) is 5.75 Å². The Bertz CT molecular complexity index is 1920. The first-order valence-electron chi connectivity index (χ1n) is 14.4. The average molecular weight is 673 g/mol. The minimum absolute atomic E-state index is 0.00789. The number of rotatable bonds is 12. The maximum atomic E-state index is 14.8. The topological polar surface area (TPSA) is 139 Å². The molecule has 2 heterocycles. The molecule has 2 N–H and O–H groups in total. The molecule has 0 aliphatic heterocycles. The summed E-state index contributed by atoms with van der Waals surface area (Å²) in [4.78, 5) is 60.0. The minimum atomic E-state index is -1.38. The number of anilines is 1.